The molecule has 0 aliphatic heterocycles. The average molecular weight is 401 g/mol. The Bertz CT molecular complexity index is 1260. The summed E-state index contributed by atoms with van der Waals surface area (Å²) in [5, 5.41) is 3.30. The molecule has 0 radical (unpaired) electrons. The lowest BCUT2D eigenvalue weighted by atomic mass is 10.1. The smallest absolute Gasteiger partial charge is 0.255 e. The number of hydrogen-bond donors (Lipinski definition) is 1. The molecule has 4 aromatic rings. The highest BCUT2D eigenvalue weighted by molar-refractivity contribution is 6.04. The van der Waals surface area contributed by atoms with Gasteiger partial charge < -0.3 is 19.2 Å². The largest absolute Gasteiger partial charge is 0.497 e. The molecular weight excluding hydrogens is 382 g/mol. The number of hydrogen-bond acceptors (Lipinski definition) is 5. The SMILES string of the molecule is COc1ccc(C(=O)Nc2ccc(-c3cc(=O)c4cc(OC)ccc4o3)cc2)cc1. The predicted molar refractivity (Wildman–Crippen MR) is 115 cm³/mol. The van der Waals surface area contributed by atoms with Crippen molar-refractivity contribution in [1.29, 1.82) is 0 Å². The van der Waals surface area contributed by atoms with E-state index in [0.29, 0.717) is 39.5 Å². The third kappa shape index (κ3) is 3.89. The van der Waals surface area contributed by atoms with Gasteiger partial charge in [-0.2, -0.15) is 0 Å². The van der Waals surface area contributed by atoms with Gasteiger partial charge in [0.05, 0.1) is 19.6 Å². The van der Waals surface area contributed by atoms with Crippen LogP contribution in [0, 0.1) is 0 Å². The van der Waals surface area contributed by atoms with Crippen LogP contribution in [-0.2, 0) is 0 Å². The van der Waals surface area contributed by atoms with E-state index in [9.17, 15) is 9.59 Å². The van der Waals surface area contributed by atoms with Gasteiger partial charge in [0.1, 0.15) is 22.8 Å². The zero-order valence-electron chi connectivity index (χ0n) is 16.5. The quantitative estimate of drug-likeness (QED) is 0.523. The van der Waals surface area contributed by atoms with Gasteiger partial charge in [-0.05, 0) is 66.7 Å². The maximum Gasteiger partial charge on any atom is 0.255 e. The minimum absolute atomic E-state index is 0.151. The van der Waals surface area contributed by atoms with E-state index in [4.69, 9.17) is 13.9 Å². The number of nitrogens with one attached hydrogen (secondary N) is 1. The van der Waals surface area contributed by atoms with E-state index in [-0.39, 0.29) is 11.3 Å². The summed E-state index contributed by atoms with van der Waals surface area (Å²) in [6.07, 6.45) is 0. The number of carbonyl (C=O) groups is 1. The average Bonchev–Trinajstić information content (AvgIpc) is 2.79. The number of anilines is 1. The van der Waals surface area contributed by atoms with Crippen molar-refractivity contribution in [2.45, 2.75) is 0 Å². The zero-order chi connectivity index (χ0) is 21.1. The molecule has 0 saturated heterocycles. The van der Waals surface area contributed by atoms with Crippen molar-refractivity contribution >= 4 is 22.6 Å². The molecule has 0 saturated carbocycles. The summed E-state index contributed by atoms with van der Waals surface area (Å²) in [5.41, 5.74) is 2.22. The third-order valence-corrected chi connectivity index (χ3v) is 4.71. The molecule has 6 heteroatoms. The van der Waals surface area contributed by atoms with E-state index < -0.39 is 0 Å². The van der Waals surface area contributed by atoms with Crippen LogP contribution in [0.1, 0.15) is 10.4 Å². The van der Waals surface area contributed by atoms with Gasteiger partial charge in [0, 0.05) is 22.9 Å². The highest BCUT2D eigenvalue weighted by atomic mass is 16.5. The molecule has 1 N–H and O–H groups in total. The molecule has 0 aliphatic carbocycles. The molecule has 6 nitrogen and oxygen atoms in total. The summed E-state index contributed by atoms with van der Waals surface area (Å²) >= 11 is 0. The highest BCUT2D eigenvalue weighted by Crippen LogP contribution is 2.26. The van der Waals surface area contributed by atoms with Gasteiger partial charge in [-0.25, -0.2) is 0 Å². The lowest BCUT2D eigenvalue weighted by Crippen LogP contribution is -2.11. The van der Waals surface area contributed by atoms with Gasteiger partial charge in [-0.3, -0.25) is 9.59 Å². The minimum atomic E-state index is -0.225. The Labute approximate surface area is 172 Å². The Kier molecular flexibility index (Phi) is 5.22. The van der Waals surface area contributed by atoms with Gasteiger partial charge in [-0.1, -0.05) is 0 Å². The van der Waals surface area contributed by atoms with E-state index in [1.807, 2.05) is 0 Å². The van der Waals surface area contributed by atoms with Crippen molar-refractivity contribution < 1.29 is 18.7 Å². The standard InChI is InChI=1S/C24H19NO5/c1-28-18-9-5-16(6-10-18)24(27)25-17-7-3-15(4-8-17)23-14-21(26)20-13-19(29-2)11-12-22(20)30-23/h3-14H,1-2H3,(H,25,27). The fourth-order valence-electron chi connectivity index (χ4n) is 3.07. The Hall–Kier alpha value is -4.06. The van der Waals surface area contributed by atoms with E-state index in [1.54, 1.807) is 80.9 Å². The Morgan fingerprint density at radius 1 is 0.833 bits per heavy atom. The van der Waals surface area contributed by atoms with Crippen molar-refractivity contribution in [2.24, 2.45) is 0 Å². The second-order valence-corrected chi connectivity index (χ2v) is 6.60. The van der Waals surface area contributed by atoms with Crippen molar-refractivity contribution in [3.63, 3.8) is 0 Å². The van der Waals surface area contributed by atoms with Gasteiger partial charge in [0.15, 0.2) is 5.43 Å². The summed E-state index contributed by atoms with van der Waals surface area (Å²) in [7, 11) is 3.12. The molecule has 0 spiro atoms. The summed E-state index contributed by atoms with van der Waals surface area (Å²) < 4.78 is 16.1. The van der Waals surface area contributed by atoms with Crippen molar-refractivity contribution in [2.75, 3.05) is 19.5 Å². The minimum Gasteiger partial charge on any atom is -0.497 e. The molecule has 0 atom stereocenters. The Morgan fingerprint density at radius 2 is 1.50 bits per heavy atom. The van der Waals surface area contributed by atoms with Gasteiger partial charge in [0.25, 0.3) is 5.91 Å². The van der Waals surface area contributed by atoms with Crippen LogP contribution in [0.25, 0.3) is 22.3 Å². The number of ether oxygens (including phenoxy) is 2. The maximum atomic E-state index is 12.5. The van der Waals surface area contributed by atoms with Gasteiger partial charge in [0.2, 0.25) is 0 Å². The summed E-state index contributed by atoms with van der Waals surface area (Å²) in [5.74, 6) is 1.51. The first-order chi connectivity index (χ1) is 14.6. The van der Waals surface area contributed by atoms with Crippen LogP contribution in [0.15, 0.2) is 82.0 Å². The Morgan fingerprint density at radius 3 is 2.17 bits per heavy atom. The van der Waals surface area contributed by atoms with Crippen LogP contribution in [0.3, 0.4) is 0 Å². The number of fused-ring (bicyclic) bond motifs is 1. The molecule has 0 fully saturated rings. The summed E-state index contributed by atoms with van der Waals surface area (Å²) in [4.78, 5) is 24.9. The molecule has 1 amide bonds. The highest BCUT2D eigenvalue weighted by Gasteiger charge is 2.10. The van der Waals surface area contributed by atoms with Gasteiger partial charge in [-0.15, -0.1) is 0 Å². The summed E-state index contributed by atoms with van der Waals surface area (Å²) in [6, 6.07) is 20.5. The van der Waals surface area contributed by atoms with Crippen LogP contribution in [-0.4, -0.2) is 20.1 Å². The van der Waals surface area contributed by atoms with Gasteiger partial charge >= 0.3 is 0 Å². The maximum absolute atomic E-state index is 12.5. The van der Waals surface area contributed by atoms with Crippen LogP contribution in [0.4, 0.5) is 5.69 Å². The molecule has 0 aliphatic rings. The Balaban J connectivity index is 1.55. The molecule has 0 unspecified atom stereocenters. The fourth-order valence-corrected chi connectivity index (χ4v) is 3.07. The monoisotopic (exact) mass is 401 g/mol. The van der Waals surface area contributed by atoms with E-state index in [1.165, 1.54) is 6.07 Å². The van der Waals surface area contributed by atoms with Crippen LogP contribution >= 0.6 is 0 Å². The van der Waals surface area contributed by atoms with Crippen molar-refractivity contribution in [3.05, 3.63) is 88.6 Å². The molecule has 0 bridgehead atoms. The predicted octanol–water partition coefficient (Wildman–Crippen LogP) is 4.73. The second kappa shape index (κ2) is 8.13. The van der Waals surface area contributed by atoms with E-state index >= 15 is 0 Å². The van der Waals surface area contributed by atoms with E-state index in [0.717, 1.165) is 5.56 Å². The molecule has 3 aromatic carbocycles. The lowest BCUT2D eigenvalue weighted by molar-refractivity contribution is 0.102. The first-order valence-corrected chi connectivity index (χ1v) is 9.25. The van der Waals surface area contributed by atoms with Crippen LogP contribution in [0.2, 0.25) is 0 Å². The third-order valence-electron chi connectivity index (χ3n) is 4.71. The topological polar surface area (TPSA) is 77.8 Å². The number of methoxy groups -OCH3 is 2. The molecule has 1 aromatic heterocycles. The normalized spacial score (nSPS) is 10.6. The first kappa shape index (κ1) is 19.3. The van der Waals surface area contributed by atoms with Crippen LogP contribution < -0.4 is 20.2 Å². The second-order valence-electron chi connectivity index (χ2n) is 6.60. The number of carbonyl (C=O) groups excluding carboxylic acids is 1. The van der Waals surface area contributed by atoms with E-state index in [2.05, 4.69) is 5.32 Å². The molecule has 30 heavy (non-hydrogen) atoms. The van der Waals surface area contributed by atoms with Crippen molar-refractivity contribution in [3.8, 4) is 22.8 Å². The zero-order valence-corrected chi connectivity index (χ0v) is 16.5. The fraction of sp³-hybridized carbons (Fsp3) is 0.0833. The summed E-state index contributed by atoms with van der Waals surface area (Å²) in [6.45, 7) is 0. The number of benzene rings is 3. The molecule has 150 valence electrons. The first-order valence-electron chi connectivity index (χ1n) is 9.25. The molecule has 1 heterocycles. The number of amides is 1. The molecule has 4 rings (SSSR count). The number of rotatable bonds is 5. The molecular formula is C24H19NO5. The van der Waals surface area contributed by atoms with Crippen LogP contribution in [0.5, 0.6) is 11.5 Å². The van der Waals surface area contributed by atoms with Crippen molar-refractivity contribution in [1.82, 2.24) is 0 Å². The lowest BCUT2D eigenvalue weighted by Gasteiger charge is -2.08.